The van der Waals surface area contributed by atoms with Crippen molar-refractivity contribution in [2.24, 2.45) is 0 Å². The lowest BCUT2D eigenvalue weighted by Gasteiger charge is -2.37. The Kier molecular flexibility index (Phi) is 4.79. The van der Waals surface area contributed by atoms with E-state index in [1.807, 2.05) is 6.92 Å². The number of aliphatic hydroxyl groups is 1. The van der Waals surface area contributed by atoms with E-state index in [1.54, 1.807) is 0 Å². The summed E-state index contributed by atoms with van der Waals surface area (Å²) in [4.78, 5) is 0. The molecule has 0 aliphatic heterocycles. The first-order valence-electron chi connectivity index (χ1n) is 7.14. The fourth-order valence-electron chi connectivity index (χ4n) is 2.79. The molecule has 0 spiro atoms. The van der Waals surface area contributed by atoms with Crippen molar-refractivity contribution in [3.8, 4) is 0 Å². The molecule has 1 aromatic rings. The Hall–Kier alpha value is -0.860. The van der Waals surface area contributed by atoms with E-state index in [9.17, 15) is 5.11 Å². The highest BCUT2D eigenvalue weighted by atomic mass is 16.3. The van der Waals surface area contributed by atoms with Crippen LogP contribution in [-0.2, 0) is 0 Å². The maximum absolute atomic E-state index is 9.18. The van der Waals surface area contributed by atoms with Crippen LogP contribution >= 0.6 is 0 Å². The van der Waals surface area contributed by atoms with Gasteiger partial charge in [-0.1, -0.05) is 24.3 Å². The molecule has 0 heterocycles. The Labute approximate surface area is 110 Å². The lowest BCUT2D eigenvalue weighted by atomic mass is 9.74. The van der Waals surface area contributed by atoms with Gasteiger partial charge in [-0.05, 0) is 63.1 Å². The van der Waals surface area contributed by atoms with E-state index < -0.39 is 0 Å². The van der Waals surface area contributed by atoms with Gasteiger partial charge in [0.05, 0.1) is 6.10 Å². The Balaban J connectivity index is 1.67. The predicted molar refractivity (Wildman–Crippen MR) is 75.9 cm³/mol. The first-order chi connectivity index (χ1) is 8.66. The smallest absolute Gasteiger partial charge is 0.0512 e. The zero-order chi connectivity index (χ0) is 13.0. The SMILES string of the molecule is Cc1ccccc1C1CC(NCCCC(C)O)C1. The summed E-state index contributed by atoms with van der Waals surface area (Å²) < 4.78 is 0. The number of rotatable bonds is 6. The third kappa shape index (κ3) is 3.56. The quantitative estimate of drug-likeness (QED) is 0.757. The van der Waals surface area contributed by atoms with E-state index in [0.717, 1.165) is 25.3 Å². The summed E-state index contributed by atoms with van der Waals surface area (Å²) in [7, 11) is 0. The van der Waals surface area contributed by atoms with E-state index in [-0.39, 0.29) is 6.10 Å². The maximum Gasteiger partial charge on any atom is 0.0512 e. The van der Waals surface area contributed by atoms with Gasteiger partial charge in [-0.2, -0.15) is 0 Å². The molecule has 1 aromatic carbocycles. The van der Waals surface area contributed by atoms with Gasteiger partial charge in [0.2, 0.25) is 0 Å². The minimum Gasteiger partial charge on any atom is -0.393 e. The van der Waals surface area contributed by atoms with Crippen molar-refractivity contribution in [3.05, 3.63) is 35.4 Å². The van der Waals surface area contributed by atoms with Crippen LogP contribution in [-0.4, -0.2) is 23.8 Å². The third-order valence-electron chi connectivity index (χ3n) is 4.00. The molecule has 0 saturated heterocycles. The molecule has 2 nitrogen and oxygen atoms in total. The van der Waals surface area contributed by atoms with Gasteiger partial charge in [0.1, 0.15) is 0 Å². The number of aryl methyl sites for hydroxylation is 1. The Bertz CT molecular complexity index is 369. The molecular formula is C16H25NO. The molecule has 1 saturated carbocycles. The second-order valence-electron chi connectivity index (χ2n) is 5.67. The van der Waals surface area contributed by atoms with Crippen LogP contribution in [0.2, 0.25) is 0 Å². The Morgan fingerprint density at radius 1 is 1.33 bits per heavy atom. The maximum atomic E-state index is 9.18. The van der Waals surface area contributed by atoms with Gasteiger partial charge in [0.15, 0.2) is 0 Å². The first kappa shape index (κ1) is 13.6. The Morgan fingerprint density at radius 3 is 2.72 bits per heavy atom. The number of nitrogens with one attached hydrogen (secondary N) is 1. The van der Waals surface area contributed by atoms with Crippen LogP contribution in [0.4, 0.5) is 0 Å². The molecule has 2 rings (SSSR count). The normalized spacial score (nSPS) is 24.6. The monoisotopic (exact) mass is 247 g/mol. The van der Waals surface area contributed by atoms with Gasteiger partial charge in [0, 0.05) is 6.04 Å². The lowest BCUT2D eigenvalue weighted by Crippen LogP contribution is -2.40. The molecule has 0 bridgehead atoms. The molecule has 18 heavy (non-hydrogen) atoms. The van der Waals surface area contributed by atoms with Gasteiger partial charge in [-0.3, -0.25) is 0 Å². The molecule has 1 unspecified atom stereocenters. The van der Waals surface area contributed by atoms with Crippen molar-refractivity contribution in [2.75, 3.05) is 6.54 Å². The number of aliphatic hydroxyl groups excluding tert-OH is 1. The molecule has 1 fully saturated rings. The van der Waals surface area contributed by atoms with Crippen LogP contribution < -0.4 is 5.32 Å². The van der Waals surface area contributed by atoms with E-state index in [2.05, 4.69) is 36.5 Å². The predicted octanol–water partition coefficient (Wildman–Crippen LogP) is 2.99. The molecular weight excluding hydrogens is 222 g/mol. The van der Waals surface area contributed by atoms with Crippen LogP contribution in [0.5, 0.6) is 0 Å². The number of benzene rings is 1. The van der Waals surface area contributed by atoms with E-state index in [0.29, 0.717) is 6.04 Å². The Morgan fingerprint density at radius 2 is 2.06 bits per heavy atom. The molecule has 0 aromatic heterocycles. The summed E-state index contributed by atoms with van der Waals surface area (Å²) in [6.45, 7) is 5.10. The summed E-state index contributed by atoms with van der Waals surface area (Å²) in [6.07, 6.45) is 4.34. The van der Waals surface area contributed by atoms with Crippen LogP contribution in [0, 0.1) is 6.92 Å². The van der Waals surface area contributed by atoms with Crippen LogP contribution in [0.3, 0.4) is 0 Å². The van der Waals surface area contributed by atoms with E-state index >= 15 is 0 Å². The summed E-state index contributed by atoms with van der Waals surface area (Å²) in [5.41, 5.74) is 2.95. The van der Waals surface area contributed by atoms with Crippen molar-refractivity contribution in [2.45, 2.75) is 57.6 Å². The topological polar surface area (TPSA) is 32.3 Å². The van der Waals surface area contributed by atoms with Crippen LogP contribution in [0.25, 0.3) is 0 Å². The van der Waals surface area contributed by atoms with Gasteiger partial charge in [0.25, 0.3) is 0 Å². The standard InChI is InChI=1S/C16H25NO/c1-12-6-3-4-8-16(12)14-10-15(11-14)17-9-5-7-13(2)18/h3-4,6,8,13-15,17-18H,5,7,9-11H2,1-2H3. The van der Waals surface area contributed by atoms with Crippen LogP contribution in [0.15, 0.2) is 24.3 Å². The molecule has 1 aliphatic carbocycles. The fraction of sp³-hybridized carbons (Fsp3) is 0.625. The van der Waals surface area contributed by atoms with Crippen molar-refractivity contribution < 1.29 is 5.11 Å². The summed E-state index contributed by atoms with van der Waals surface area (Å²) in [6, 6.07) is 9.42. The first-order valence-corrected chi connectivity index (χ1v) is 7.14. The lowest BCUT2D eigenvalue weighted by molar-refractivity contribution is 0.179. The average molecular weight is 247 g/mol. The third-order valence-corrected chi connectivity index (χ3v) is 4.00. The van der Waals surface area contributed by atoms with Crippen molar-refractivity contribution in [3.63, 3.8) is 0 Å². The van der Waals surface area contributed by atoms with Gasteiger partial charge < -0.3 is 10.4 Å². The largest absolute Gasteiger partial charge is 0.393 e. The highest BCUT2D eigenvalue weighted by molar-refractivity contribution is 5.31. The molecule has 2 heteroatoms. The van der Waals surface area contributed by atoms with Gasteiger partial charge >= 0.3 is 0 Å². The molecule has 0 amide bonds. The van der Waals surface area contributed by atoms with E-state index in [4.69, 9.17) is 0 Å². The highest BCUT2D eigenvalue weighted by Gasteiger charge is 2.30. The zero-order valence-corrected chi connectivity index (χ0v) is 11.5. The molecule has 1 atom stereocenters. The summed E-state index contributed by atoms with van der Waals surface area (Å²) in [5.74, 6) is 0.750. The van der Waals surface area contributed by atoms with Crippen molar-refractivity contribution in [1.29, 1.82) is 0 Å². The van der Waals surface area contributed by atoms with Crippen molar-refractivity contribution >= 4 is 0 Å². The van der Waals surface area contributed by atoms with Crippen molar-refractivity contribution in [1.82, 2.24) is 5.32 Å². The number of hydrogen-bond acceptors (Lipinski definition) is 2. The fourth-order valence-corrected chi connectivity index (χ4v) is 2.79. The minimum absolute atomic E-state index is 0.159. The average Bonchev–Trinajstić information content (AvgIpc) is 2.28. The zero-order valence-electron chi connectivity index (χ0n) is 11.5. The van der Waals surface area contributed by atoms with Crippen LogP contribution in [0.1, 0.15) is 49.7 Å². The van der Waals surface area contributed by atoms with E-state index in [1.165, 1.54) is 24.0 Å². The highest BCUT2D eigenvalue weighted by Crippen LogP contribution is 2.38. The summed E-state index contributed by atoms with van der Waals surface area (Å²) in [5, 5.41) is 12.8. The van der Waals surface area contributed by atoms with Gasteiger partial charge in [-0.15, -0.1) is 0 Å². The molecule has 100 valence electrons. The number of hydrogen-bond donors (Lipinski definition) is 2. The van der Waals surface area contributed by atoms with Gasteiger partial charge in [-0.25, -0.2) is 0 Å². The second-order valence-corrected chi connectivity index (χ2v) is 5.67. The molecule has 0 radical (unpaired) electrons. The second kappa shape index (κ2) is 6.35. The summed E-state index contributed by atoms with van der Waals surface area (Å²) >= 11 is 0. The molecule has 1 aliphatic rings. The molecule has 2 N–H and O–H groups in total. The minimum atomic E-state index is -0.159.